The second-order valence-corrected chi connectivity index (χ2v) is 7.47. The van der Waals surface area contributed by atoms with Gasteiger partial charge in [-0.1, -0.05) is 19.9 Å². The van der Waals surface area contributed by atoms with Crippen molar-refractivity contribution in [3.63, 3.8) is 0 Å². The van der Waals surface area contributed by atoms with Crippen molar-refractivity contribution in [2.75, 3.05) is 31.6 Å². The first kappa shape index (κ1) is 22.4. The quantitative estimate of drug-likeness (QED) is 0.541. The smallest absolute Gasteiger partial charge is 0.284 e. The number of anilines is 1. The third kappa shape index (κ3) is 5.27. The van der Waals surface area contributed by atoms with E-state index in [-0.39, 0.29) is 11.7 Å². The molecule has 31 heavy (non-hydrogen) atoms. The maximum Gasteiger partial charge on any atom is 0.284 e. The van der Waals surface area contributed by atoms with Crippen LogP contribution >= 0.6 is 0 Å². The number of aryl methyl sites for hydroxylation is 2. The largest absolute Gasteiger partial charge is 0.363 e. The average Bonchev–Trinajstić information content (AvgIpc) is 3.16. The number of amides is 2. The topological polar surface area (TPSA) is 97.4 Å². The molecule has 2 N–H and O–H groups in total. The monoisotopic (exact) mass is 422 g/mol. The Morgan fingerprint density at radius 3 is 2.58 bits per heavy atom. The highest BCUT2D eigenvalue weighted by molar-refractivity contribution is 5.97. The van der Waals surface area contributed by atoms with E-state index in [9.17, 15) is 9.59 Å². The van der Waals surface area contributed by atoms with E-state index in [0.717, 1.165) is 36.4 Å². The summed E-state index contributed by atoms with van der Waals surface area (Å²) in [7, 11) is 1.76. The molecule has 3 aromatic rings. The minimum absolute atomic E-state index is 0.0392. The fourth-order valence-electron chi connectivity index (χ4n) is 3.63. The first-order valence-electron chi connectivity index (χ1n) is 10.6. The summed E-state index contributed by atoms with van der Waals surface area (Å²) in [4.78, 5) is 37.1. The van der Waals surface area contributed by atoms with Gasteiger partial charge >= 0.3 is 0 Å². The molecule has 0 aliphatic heterocycles. The number of fused-ring (bicyclic) bond motifs is 1. The number of benzene rings is 1. The Morgan fingerprint density at radius 1 is 1.16 bits per heavy atom. The van der Waals surface area contributed by atoms with E-state index in [4.69, 9.17) is 5.73 Å². The number of carbonyl (C=O) groups excluding carboxylic acids is 2. The number of carbonyl (C=O) groups is 2. The van der Waals surface area contributed by atoms with Gasteiger partial charge in [0.1, 0.15) is 0 Å². The van der Waals surface area contributed by atoms with Gasteiger partial charge in [-0.25, -0.2) is 4.98 Å². The lowest BCUT2D eigenvalue weighted by molar-refractivity contribution is -0.118. The van der Waals surface area contributed by atoms with E-state index in [1.165, 1.54) is 0 Å². The van der Waals surface area contributed by atoms with Crippen LogP contribution in [0, 0.1) is 0 Å². The summed E-state index contributed by atoms with van der Waals surface area (Å²) >= 11 is 0. The van der Waals surface area contributed by atoms with Crippen molar-refractivity contribution in [2.45, 2.75) is 33.2 Å². The number of rotatable bonds is 10. The van der Waals surface area contributed by atoms with Gasteiger partial charge in [0.15, 0.2) is 5.82 Å². The summed E-state index contributed by atoms with van der Waals surface area (Å²) < 4.78 is 1.83. The Labute approximate surface area is 182 Å². The molecule has 2 aromatic heterocycles. The van der Waals surface area contributed by atoms with Crippen LogP contribution in [0.2, 0.25) is 0 Å². The molecule has 0 aliphatic rings. The van der Waals surface area contributed by atoms with E-state index in [1.54, 1.807) is 24.3 Å². The second-order valence-electron chi connectivity index (χ2n) is 7.47. The highest BCUT2D eigenvalue weighted by Crippen LogP contribution is 2.23. The van der Waals surface area contributed by atoms with Crippen molar-refractivity contribution in [3.05, 3.63) is 54.1 Å². The molecule has 8 heteroatoms. The number of nitrogens with two attached hydrogens (primary N) is 1. The predicted octanol–water partition coefficient (Wildman–Crippen LogP) is 2.47. The third-order valence-electron chi connectivity index (χ3n) is 5.60. The van der Waals surface area contributed by atoms with Gasteiger partial charge in [-0.3, -0.25) is 14.6 Å². The molecule has 0 saturated heterocycles. The van der Waals surface area contributed by atoms with Crippen LogP contribution in [0.3, 0.4) is 0 Å². The summed E-state index contributed by atoms with van der Waals surface area (Å²) in [6.45, 7) is 7.31. The molecule has 8 nitrogen and oxygen atoms in total. The molecule has 2 heterocycles. The maximum atomic E-state index is 12.6. The molecule has 0 bridgehead atoms. The Bertz CT molecular complexity index is 1040. The Hall–Kier alpha value is -3.26. The van der Waals surface area contributed by atoms with Crippen LogP contribution in [0.1, 0.15) is 36.5 Å². The predicted molar refractivity (Wildman–Crippen MR) is 122 cm³/mol. The summed E-state index contributed by atoms with van der Waals surface area (Å²) in [5.41, 5.74) is 8.84. The van der Waals surface area contributed by atoms with Crippen molar-refractivity contribution in [1.82, 2.24) is 19.4 Å². The zero-order valence-corrected chi connectivity index (χ0v) is 18.4. The van der Waals surface area contributed by atoms with E-state index in [1.807, 2.05) is 34.9 Å². The number of pyridine rings is 1. The first-order valence-corrected chi connectivity index (χ1v) is 10.6. The second kappa shape index (κ2) is 10.2. The van der Waals surface area contributed by atoms with Gasteiger partial charge in [0.05, 0.1) is 11.0 Å². The van der Waals surface area contributed by atoms with Crippen molar-refractivity contribution >= 4 is 28.5 Å². The molecular weight excluding hydrogens is 392 g/mol. The van der Waals surface area contributed by atoms with Gasteiger partial charge in [-0.2, -0.15) is 0 Å². The van der Waals surface area contributed by atoms with Crippen LogP contribution in [0.15, 0.2) is 42.7 Å². The Morgan fingerprint density at radius 2 is 1.94 bits per heavy atom. The minimum Gasteiger partial charge on any atom is -0.363 e. The fraction of sp³-hybridized carbons (Fsp3) is 0.391. The maximum absolute atomic E-state index is 12.6. The summed E-state index contributed by atoms with van der Waals surface area (Å²) in [6.07, 6.45) is 4.68. The Kier molecular flexibility index (Phi) is 7.36. The molecule has 0 fully saturated rings. The number of primary amides is 1. The van der Waals surface area contributed by atoms with E-state index in [0.29, 0.717) is 24.9 Å². The summed E-state index contributed by atoms with van der Waals surface area (Å²) in [6, 6.07) is 9.48. The van der Waals surface area contributed by atoms with Crippen LogP contribution in [0.25, 0.3) is 11.0 Å². The van der Waals surface area contributed by atoms with E-state index in [2.05, 4.69) is 28.7 Å². The lowest BCUT2D eigenvalue weighted by Gasteiger charge is -2.21. The lowest BCUT2D eigenvalue weighted by atomic mass is 10.2. The number of nitrogens with zero attached hydrogens (tertiary/aromatic N) is 5. The highest BCUT2D eigenvalue weighted by Gasteiger charge is 2.18. The van der Waals surface area contributed by atoms with Crippen LogP contribution in [-0.2, 0) is 17.8 Å². The van der Waals surface area contributed by atoms with Gasteiger partial charge in [-0.05, 0) is 49.3 Å². The molecule has 2 amide bonds. The zero-order valence-electron chi connectivity index (χ0n) is 18.4. The van der Waals surface area contributed by atoms with Crippen molar-refractivity contribution in [2.24, 2.45) is 5.73 Å². The molecule has 0 saturated carbocycles. The van der Waals surface area contributed by atoms with Crippen LogP contribution < -0.4 is 10.6 Å². The van der Waals surface area contributed by atoms with Crippen molar-refractivity contribution in [1.29, 1.82) is 0 Å². The van der Waals surface area contributed by atoms with Gasteiger partial charge in [-0.15, -0.1) is 0 Å². The molecule has 0 aliphatic carbocycles. The minimum atomic E-state index is -0.576. The van der Waals surface area contributed by atoms with Crippen LogP contribution in [-0.4, -0.2) is 57.9 Å². The molecule has 164 valence electrons. The van der Waals surface area contributed by atoms with Gasteiger partial charge in [0, 0.05) is 44.6 Å². The zero-order chi connectivity index (χ0) is 22.4. The van der Waals surface area contributed by atoms with Crippen LogP contribution in [0.4, 0.5) is 5.69 Å². The highest BCUT2D eigenvalue weighted by atomic mass is 16.2. The molecule has 0 radical (unpaired) electrons. The summed E-state index contributed by atoms with van der Waals surface area (Å²) in [5, 5.41) is 0. The number of hydrogen-bond acceptors (Lipinski definition) is 5. The van der Waals surface area contributed by atoms with E-state index >= 15 is 0 Å². The lowest BCUT2D eigenvalue weighted by Crippen LogP contribution is -2.32. The number of imidazole rings is 1. The van der Waals surface area contributed by atoms with Gasteiger partial charge in [0.25, 0.3) is 5.91 Å². The average molecular weight is 423 g/mol. The van der Waals surface area contributed by atoms with E-state index < -0.39 is 5.91 Å². The molecule has 1 aromatic carbocycles. The van der Waals surface area contributed by atoms with Crippen molar-refractivity contribution < 1.29 is 9.59 Å². The molecule has 0 atom stereocenters. The normalized spacial score (nSPS) is 11.2. The third-order valence-corrected chi connectivity index (χ3v) is 5.60. The molecule has 3 rings (SSSR count). The summed E-state index contributed by atoms with van der Waals surface area (Å²) in [5.74, 6) is -0.323. The number of hydrogen-bond donors (Lipinski definition) is 1. The van der Waals surface area contributed by atoms with Crippen LogP contribution in [0.5, 0.6) is 0 Å². The SMILES string of the molecule is CCN(CC)CCC(=O)N(C)c1ccc2c(c1)nc(C(N)=O)n2CCc1cccnc1. The van der Waals surface area contributed by atoms with Gasteiger partial charge < -0.3 is 20.1 Å². The standard InChI is InChI=1S/C23H30N6O2/c1-4-28(5-2)13-11-21(30)27(3)18-8-9-20-19(15-18)26-23(22(24)31)29(20)14-10-17-7-6-12-25-16-17/h6-9,12,15-16H,4-5,10-11,13-14H2,1-3H3,(H2,24,31). The Balaban J connectivity index is 1.81. The number of aromatic nitrogens is 3. The molecule has 0 spiro atoms. The molecule has 0 unspecified atom stereocenters. The molecular formula is C23H30N6O2. The fourth-order valence-corrected chi connectivity index (χ4v) is 3.63. The van der Waals surface area contributed by atoms with Crippen molar-refractivity contribution in [3.8, 4) is 0 Å². The first-order chi connectivity index (χ1) is 14.9. The van der Waals surface area contributed by atoms with Gasteiger partial charge in [0.2, 0.25) is 5.91 Å².